The number of likely N-dealkylation sites (tertiary alicyclic amines) is 1. The van der Waals surface area contributed by atoms with Crippen molar-refractivity contribution in [3.63, 3.8) is 0 Å². The van der Waals surface area contributed by atoms with Crippen molar-refractivity contribution >= 4 is 17.8 Å². The van der Waals surface area contributed by atoms with Crippen LogP contribution in [0, 0.1) is 11.7 Å². The Balaban J connectivity index is 0.000000638. The summed E-state index contributed by atoms with van der Waals surface area (Å²) in [6.45, 7) is 3.03. The van der Waals surface area contributed by atoms with Crippen molar-refractivity contribution in [3.8, 4) is 5.88 Å². The fourth-order valence-corrected chi connectivity index (χ4v) is 3.62. The molecule has 1 saturated heterocycles. The maximum Gasteiger partial charge on any atom is 0.490 e. The van der Waals surface area contributed by atoms with E-state index in [0.29, 0.717) is 37.0 Å². The van der Waals surface area contributed by atoms with Crippen LogP contribution in [0.25, 0.3) is 0 Å². The van der Waals surface area contributed by atoms with Gasteiger partial charge in [-0.15, -0.1) is 0 Å². The smallest absolute Gasteiger partial charge is 0.481 e. The number of ether oxygens (including phenoxy) is 1. The highest BCUT2D eigenvalue weighted by molar-refractivity contribution is 5.97. The van der Waals surface area contributed by atoms with Crippen LogP contribution in [0.3, 0.4) is 0 Å². The fraction of sp³-hybridized carbons (Fsp3) is 0.440. The van der Waals surface area contributed by atoms with Crippen molar-refractivity contribution in [1.82, 2.24) is 20.1 Å². The molecule has 2 amide bonds. The summed E-state index contributed by atoms with van der Waals surface area (Å²) in [4.78, 5) is 41.5. The number of halogens is 4. The van der Waals surface area contributed by atoms with E-state index in [1.54, 1.807) is 31.3 Å². The van der Waals surface area contributed by atoms with Crippen molar-refractivity contribution in [2.75, 3.05) is 40.3 Å². The third-order valence-electron chi connectivity index (χ3n) is 5.80. The van der Waals surface area contributed by atoms with Crippen LogP contribution >= 0.6 is 0 Å². The zero-order valence-electron chi connectivity index (χ0n) is 21.0. The van der Waals surface area contributed by atoms with Crippen LogP contribution in [0.15, 0.2) is 42.6 Å². The van der Waals surface area contributed by atoms with Crippen LogP contribution in [0.2, 0.25) is 0 Å². The molecule has 1 fully saturated rings. The second-order valence-corrected chi connectivity index (χ2v) is 8.70. The molecule has 1 aromatic carbocycles. The number of piperidine rings is 1. The van der Waals surface area contributed by atoms with Gasteiger partial charge in [-0.05, 0) is 61.7 Å². The van der Waals surface area contributed by atoms with E-state index in [1.165, 1.54) is 24.3 Å². The van der Waals surface area contributed by atoms with E-state index in [9.17, 15) is 27.2 Å². The lowest BCUT2D eigenvalue weighted by Gasteiger charge is -2.31. The van der Waals surface area contributed by atoms with Crippen molar-refractivity contribution < 1.29 is 41.8 Å². The minimum atomic E-state index is -5.08. The Bertz CT molecular complexity index is 1060. The molecule has 2 N–H and O–H groups in total. The normalized spacial score (nSPS) is 14.2. The maximum absolute atomic E-state index is 13.0. The molecule has 1 aliphatic heterocycles. The number of hydrogen-bond donors (Lipinski definition) is 2. The lowest BCUT2D eigenvalue weighted by atomic mass is 9.96. The number of methoxy groups -OCH3 is 1. The van der Waals surface area contributed by atoms with Gasteiger partial charge in [0, 0.05) is 38.0 Å². The molecule has 0 saturated carbocycles. The minimum Gasteiger partial charge on any atom is -0.481 e. The Morgan fingerprint density at radius 1 is 1.13 bits per heavy atom. The fourth-order valence-electron chi connectivity index (χ4n) is 3.62. The van der Waals surface area contributed by atoms with Gasteiger partial charge in [-0.3, -0.25) is 9.69 Å². The Labute approximate surface area is 217 Å². The summed E-state index contributed by atoms with van der Waals surface area (Å²) in [5.74, 6) is -2.17. The number of urea groups is 1. The molecule has 0 unspecified atom stereocenters. The van der Waals surface area contributed by atoms with Gasteiger partial charge >= 0.3 is 18.2 Å². The number of carbonyl (C=O) groups is 3. The molecule has 2 aromatic rings. The van der Waals surface area contributed by atoms with Gasteiger partial charge in [-0.1, -0.05) is 6.07 Å². The summed E-state index contributed by atoms with van der Waals surface area (Å²) in [6, 6.07) is 9.21. The van der Waals surface area contributed by atoms with E-state index in [1.807, 2.05) is 6.07 Å². The number of aliphatic carboxylic acids is 1. The first-order valence-corrected chi connectivity index (χ1v) is 11.7. The predicted molar refractivity (Wildman–Crippen MR) is 129 cm³/mol. The summed E-state index contributed by atoms with van der Waals surface area (Å²) < 4.78 is 49.8. The molecule has 208 valence electrons. The van der Waals surface area contributed by atoms with Crippen molar-refractivity contribution in [2.24, 2.45) is 5.92 Å². The number of carboxylic acids is 1. The molecule has 0 aliphatic carbocycles. The van der Waals surface area contributed by atoms with Gasteiger partial charge in [0.25, 0.3) is 0 Å². The highest BCUT2D eigenvalue weighted by Gasteiger charge is 2.38. The first kappa shape index (κ1) is 30.5. The number of rotatable bonds is 8. The zero-order chi connectivity index (χ0) is 28.3. The number of Topliss-reactive ketones (excluding diaryl/α,β-unsaturated/α-hetero) is 1. The van der Waals surface area contributed by atoms with Crippen LogP contribution in [0.1, 0.15) is 28.8 Å². The maximum atomic E-state index is 13.0. The Kier molecular flexibility index (Phi) is 11.4. The predicted octanol–water partition coefficient (Wildman–Crippen LogP) is 3.60. The van der Waals surface area contributed by atoms with Gasteiger partial charge in [-0.2, -0.15) is 13.2 Å². The highest BCUT2D eigenvalue weighted by Crippen LogP contribution is 2.17. The van der Waals surface area contributed by atoms with Gasteiger partial charge in [0.2, 0.25) is 5.88 Å². The van der Waals surface area contributed by atoms with Crippen molar-refractivity contribution in [2.45, 2.75) is 25.6 Å². The van der Waals surface area contributed by atoms with Crippen LogP contribution in [0.5, 0.6) is 5.88 Å². The third kappa shape index (κ3) is 10.3. The van der Waals surface area contributed by atoms with Crippen molar-refractivity contribution in [1.29, 1.82) is 0 Å². The second-order valence-electron chi connectivity index (χ2n) is 8.70. The number of hydrogen-bond acceptors (Lipinski definition) is 6. The molecule has 3 rings (SSSR count). The Hall–Kier alpha value is -3.74. The molecule has 13 heteroatoms. The van der Waals surface area contributed by atoms with E-state index in [2.05, 4.69) is 15.2 Å². The summed E-state index contributed by atoms with van der Waals surface area (Å²) in [5.41, 5.74) is 1.46. The molecule has 0 spiro atoms. The van der Waals surface area contributed by atoms with E-state index in [4.69, 9.17) is 14.6 Å². The van der Waals surface area contributed by atoms with E-state index < -0.39 is 12.1 Å². The van der Waals surface area contributed by atoms with Crippen molar-refractivity contribution in [3.05, 3.63) is 59.5 Å². The van der Waals surface area contributed by atoms with Crippen LogP contribution in [-0.2, 0) is 11.3 Å². The van der Waals surface area contributed by atoms with E-state index >= 15 is 0 Å². The van der Waals surface area contributed by atoms with Gasteiger partial charge in [0.15, 0.2) is 5.78 Å². The van der Waals surface area contributed by atoms with Gasteiger partial charge in [-0.25, -0.2) is 19.0 Å². The zero-order valence-corrected chi connectivity index (χ0v) is 21.0. The number of amides is 2. The molecular weight excluding hydrogens is 512 g/mol. The first-order valence-electron chi connectivity index (χ1n) is 11.7. The monoisotopic (exact) mass is 542 g/mol. The van der Waals surface area contributed by atoms with Crippen LogP contribution in [0.4, 0.5) is 22.4 Å². The van der Waals surface area contributed by atoms with Gasteiger partial charge in [0.1, 0.15) is 5.82 Å². The summed E-state index contributed by atoms with van der Waals surface area (Å²) in [5, 5.41) is 10.1. The molecule has 38 heavy (non-hydrogen) atoms. The lowest BCUT2D eigenvalue weighted by Crippen LogP contribution is -2.43. The molecule has 2 heterocycles. The number of ketones is 1. The Morgan fingerprint density at radius 2 is 1.74 bits per heavy atom. The average molecular weight is 543 g/mol. The number of alkyl halides is 3. The number of aromatic nitrogens is 1. The molecule has 0 bridgehead atoms. The van der Waals surface area contributed by atoms with Gasteiger partial charge in [0.05, 0.1) is 13.7 Å². The molecule has 9 nitrogen and oxygen atoms in total. The average Bonchev–Trinajstić information content (AvgIpc) is 2.88. The summed E-state index contributed by atoms with van der Waals surface area (Å²) in [7, 11) is 3.32. The van der Waals surface area contributed by atoms with E-state index in [-0.39, 0.29) is 17.6 Å². The Morgan fingerprint density at radius 3 is 2.24 bits per heavy atom. The molecule has 1 aromatic heterocycles. The topological polar surface area (TPSA) is 112 Å². The number of carboxylic acid groups (broad SMARTS) is 1. The van der Waals surface area contributed by atoms with Crippen LogP contribution in [-0.4, -0.2) is 84.2 Å². The van der Waals surface area contributed by atoms with E-state index in [0.717, 1.165) is 31.5 Å². The highest BCUT2D eigenvalue weighted by atomic mass is 19.4. The number of nitrogens with zero attached hydrogens (tertiary/aromatic N) is 3. The second kappa shape index (κ2) is 14.3. The number of benzene rings is 1. The first-order chi connectivity index (χ1) is 17.9. The number of nitrogens with one attached hydrogen (secondary N) is 1. The summed E-state index contributed by atoms with van der Waals surface area (Å²) >= 11 is 0. The van der Waals surface area contributed by atoms with Crippen LogP contribution < -0.4 is 10.1 Å². The lowest BCUT2D eigenvalue weighted by molar-refractivity contribution is -0.192. The number of carbonyl (C=O) groups excluding carboxylic acids is 2. The minimum absolute atomic E-state index is 0.00130. The molecule has 0 radical (unpaired) electrons. The summed E-state index contributed by atoms with van der Waals surface area (Å²) in [6.07, 6.45) is -1.54. The SMILES string of the molecule is COc1ccc(CN(C)C(=O)NCC2CCN(CC(=O)c3ccc(F)cc3)CC2)cn1.O=C(O)C(F)(F)F. The quantitative estimate of drug-likeness (QED) is 0.387. The third-order valence-corrected chi connectivity index (χ3v) is 5.80. The molecule has 0 atom stereocenters. The molecular formula is C25H30F4N4O5. The standard InChI is InChI=1S/C23H29FN4O3.C2HF3O2/c1-27(15-18-3-8-22(31-2)25-14-18)23(30)26-13-17-9-11-28(12-10-17)16-21(29)19-4-6-20(24)7-5-19;3-2(4,5)1(6)7/h3-8,14,17H,9-13,15-16H2,1-2H3,(H,26,30);(H,6,7). The molecule has 1 aliphatic rings. The largest absolute Gasteiger partial charge is 0.490 e. The number of pyridine rings is 1. The van der Waals surface area contributed by atoms with Gasteiger partial charge < -0.3 is 20.1 Å².